The third-order valence-corrected chi connectivity index (χ3v) is 7.67. The van der Waals surface area contributed by atoms with Crippen molar-refractivity contribution < 1.29 is 8.42 Å². The van der Waals surface area contributed by atoms with Gasteiger partial charge in [-0.2, -0.15) is 0 Å². The van der Waals surface area contributed by atoms with Gasteiger partial charge in [-0.1, -0.05) is 30.7 Å². The quantitative estimate of drug-likeness (QED) is 0.307. The molecule has 2 atom stereocenters. The Labute approximate surface area is 196 Å². The Morgan fingerprint density at radius 1 is 1.24 bits per heavy atom. The number of guanidine groups is 1. The first kappa shape index (κ1) is 24.7. The molecule has 1 saturated carbocycles. The van der Waals surface area contributed by atoms with Crippen molar-refractivity contribution in [3.05, 3.63) is 34.9 Å². The fourth-order valence-corrected chi connectivity index (χ4v) is 5.53. The molecular formula is C20H32ClIN4O2S. The molecule has 0 amide bonds. The van der Waals surface area contributed by atoms with Gasteiger partial charge in [0.15, 0.2) is 5.96 Å². The van der Waals surface area contributed by atoms with E-state index in [1.54, 1.807) is 4.31 Å². The lowest BCUT2D eigenvalue weighted by atomic mass is 10.1. The molecule has 0 spiro atoms. The molecule has 2 N–H and O–H groups in total. The Bertz CT molecular complexity index is 797. The fourth-order valence-electron chi connectivity index (χ4n) is 3.79. The lowest BCUT2D eigenvalue weighted by Crippen LogP contribution is -2.50. The number of benzene rings is 1. The van der Waals surface area contributed by atoms with Gasteiger partial charge in [-0.3, -0.25) is 4.99 Å². The van der Waals surface area contributed by atoms with E-state index in [0.29, 0.717) is 38.0 Å². The summed E-state index contributed by atoms with van der Waals surface area (Å²) < 4.78 is 26.1. The highest BCUT2D eigenvalue weighted by Gasteiger charge is 2.39. The van der Waals surface area contributed by atoms with Crippen LogP contribution >= 0.6 is 35.6 Å². The minimum Gasteiger partial charge on any atom is -0.354 e. The molecule has 0 radical (unpaired) electrons. The molecule has 29 heavy (non-hydrogen) atoms. The summed E-state index contributed by atoms with van der Waals surface area (Å²) in [6.45, 7) is 5.78. The molecule has 1 aromatic carbocycles. The van der Waals surface area contributed by atoms with E-state index in [1.165, 1.54) is 5.56 Å². The number of hydrogen-bond acceptors (Lipinski definition) is 3. The third kappa shape index (κ3) is 6.97. The van der Waals surface area contributed by atoms with Crippen LogP contribution in [0.3, 0.4) is 0 Å². The Morgan fingerprint density at radius 3 is 2.59 bits per heavy atom. The maximum absolute atomic E-state index is 12.2. The zero-order valence-electron chi connectivity index (χ0n) is 17.1. The minimum atomic E-state index is -3.10. The Morgan fingerprint density at radius 2 is 1.97 bits per heavy atom. The molecule has 1 aromatic rings. The molecule has 1 saturated heterocycles. The normalized spacial score (nSPS) is 23.3. The maximum Gasteiger partial charge on any atom is 0.214 e. The highest BCUT2D eigenvalue weighted by molar-refractivity contribution is 14.0. The highest BCUT2D eigenvalue weighted by Crippen LogP contribution is 2.41. The fraction of sp³-hybridized carbons (Fsp3) is 0.650. The van der Waals surface area contributed by atoms with Crippen LogP contribution in [-0.4, -0.2) is 56.2 Å². The van der Waals surface area contributed by atoms with E-state index >= 15 is 0 Å². The van der Waals surface area contributed by atoms with Gasteiger partial charge in [-0.15, -0.1) is 24.0 Å². The van der Waals surface area contributed by atoms with Crippen molar-refractivity contribution in [2.45, 2.75) is 57.5 Å². The summed E-state index contributed by atoms with van der Waals surface area (Å²) in [4.78, 5) is 4.58. The van der Waals surface area contributed by atoms with Crippen LogP contribution in [0.4, 0.5) is 0 Å². The van der Waals surface area contributed by atoms with Crippen molar-refractivity contribution in [2.75, 3.05) is 25.4 Å². The second-order valence-electron chi connectivity index (χ2n) is 7.60. The number of nitrogens with zero attached hydrogens (tertiary/aromatic N) is 2. The highest BCUT2D eigenvalue weighted by atomic mass is 127. The monoisotopic (exact) mass is 554 g/mol. The van der Waals surface area contributed by atoms with Crippen molar-refractivity contribution in [2.24, 2.45) is 4.99 Å². The number of aliphatic imine (C=N–C) groups is 1. The first-order valence-electron chi connectivity index (χ1n) is 10.2. The Hall–Kier alpha value is -0.580. The molecule has 9 heteroatoms. The van der Waals surface area contributed by atoms with Crippen LogP contribution in [-0.2, 0) is 10.0 Å². The predicted octanol–water partition coefficient (Wildman–Crippen LogP) is 3.57. The summed E-state index contributed by atoms with van der Waals surface area (Å²) in [5.74, 6) is 1.53. The molecule has 1 heterocycles. The van der Waals surface area contributed by atoms with Crippen molar-refractivity contribution in [1.29, 1.82) is 0 Å². The Kier molecular flexibility index (Phi) is 9.50. The lowest BCUT2D eigenvalue weighted by Gasteiger charge is -2.32. The van der Waals surface area contributed by atoms with Gasteiger partial charge in [0.1, 0.15) is 0 Å². The molecule has 2 fully saturated rings. The number of piperidine rings is 1. The number of sulfonamides is 1. The van der Waals surface area contributed by atoms with Crippen molar-refractivity contribution in [1.82, 2.24) is 14.9 Å². The smallest absolute Gasteiger partial charge is 0.214 e. The van der Waals surface area contributed by atoms with Crippen LogP contribution < -0.4 is 10.6 Å². The second-order valence-corrected chi connectivity index (χ2v) is 10.1. The summed E-state index contributed by atoms with van der Waals surface area (Å²) in [5, 5.41) is 7.81. The van der Waals surface area contributed by atoms with Crippen molar-refractivity contribution in [3.8, 4) is 0 Å². The molecule has 3 rings (SSSR count). The number of hydrogen-bond donors (Lipinski definition) is 2. The van der Waals surface area contributed by atoms with Gasteiger partial charge in [0.25, 0.3) is 0 Å². The van der Waals surface area contributed by atoms with Crippen LogP contribution in [0, 0.1) is 0 Å². The first-order valence-corrected chi connectivity index (χ1v) is 12.2. The van der Waals surface area contributed by atoms with Crippen molar-refractivity contribution >= 4 is 51.6 Å². The zero-order chi connectivity index (χ0) is 20.1. The van der Waals surface area contributed by atoms with Gasteiger partial charge >= 0.3 is 0 Å². The van der Waals surface area contributed by atoms with E-state index < -0.39 is 10.0 Å². The lowest BCUT2D eigenvalue weighted by molar-refractivity contribution is 0.306. The molecule has 6 nitrogen and oxygen atoms in total. The standard InChI is InChI=1S/C20H31ClN4O2S.HI/c1-3-12-28(26,27)25-10-8-17(9-11-25)23-20(22-4-2)24-19-14-18(19)15-6-5-7-16(21)13-15;/h5-7,13,17-19H,3-4,8-12,14H2,1-2H3,(H2,22,23,24);1H. The molecule has 1 aliphatic carbocycles. The Balaban J connectivity index is 0.00000300. The van der Waals surface area contributed by atoms with E-state index in [2.05, 4.69) is 21.7 Å². The van der Waals surface area contributed by atoms with Crippen LogP contribution in [0.15, 0.2) is 29.3 Å². The van der Waals surface area contributed by atoms with Crippen LogP contribution in [0.1, 0.15) is 51.0 Å². The SMILES string of the molecule is CCCS(=O)(=O)N1CCC(NC(=NCC)NC2CC2c2cccc(Cl)c2)CC1.I. The van der Waals surface area contributed by atoms with Crippen LogP contribution in [0.25, 0.3) is 0 Å². The van der Waals surface area contributed by atoms with Gasteiger partial charge in [-0.25, -0.2) is 12.7 Å². The number of nitrogens with one attached hydrogen (secondary N) is 2. The maximum atomic E-state index is 12.2. The summed E-state index contributed by atoms with van der Waals surface area (Å²) in [7, 11) is -3.10. The van der Waals surface area contributed by atoms with Crippen molar-refractivity contribution in [3.63, 3.8) is 0 Å². The summed E-state index contributed by atoms with van der Waals surface area (Å²) >= 11 is 6.11. The number of rotatable bonds is 7. The zero-order valence-corrected chi connectivity index (χ0v) is 21.0. The van der Waals surface area contributed by atoms with Crippen LogP contribution in [0.2, 0.25) is 5.02 Å². The average molecular weight is 555 g/mol. The van der Waals surface area contributed by atoms with E-state index in [-0.39, 0.29) is 35.8 Å². The largest absolute Gasteiger partial charge is 0.354 e. The average Bonchev–Trinajstić information content (AvgIpc) is 3.41. The van der Waals surface area contributed by atoms with E-state index in [0.717, 1.165) is 30.2 Å². The van der Waals surface area contributed by atoms with Gasteiger partial charge in [0.2, 0.25) is 10.0 Å². The molecule has 0 bridgehead atoms. The van der Waals surface area contributed by atoms with E-state index in [1.807, 2.05) is 32.0 Å². The molecule has 2 aliphatic rings. The molecule has 0 aromatic heterocycles. The molecule has 164 valence electrons. The summed E-state index contributed by atoms with van der Waals surface area (Å²) in [6.07, 6.45) is 3.33. The molecular weight excluding hydrogens is 523 g/mol. The van der Waals surface area contributed by atoms with Crippen LogP contribution in [0.5, 0.6) is 0 Å². The minimum absolute atomic E-state index is 0. The van der Waals surface area contributed by atoms with Gasteiger partial charge in [-0.05, 0) is 50.3 Å². The molecule has 1 aliphatic heterocycles. The van der Waals surface area contributed by atoms with Gasteiger partial charge in [0.05, 0.1) is 5.75 Å². The summed E-state index contributed by atoms with van der Waals surface area (Å²) in [5.41, 5.74) is 1.26. The second kappa shape index (κ2) is 11.2. The van der Waals surface area contributed by atoms with Gasteiger partial charge < -0.3 is 10.6 Å². The molecule has 2 unspecified atom stereocenters. The van der Waals surface area contributed by atoms with Gasteiger partial charge in [0, 0.05) is 42.7 Å². The number of halogens is 2. The van der Waals surface area contributed by atoms with E-state index in [9.17, 15) is 8.42 Å². The predicted molar refractivity (Wildman–Crippen MR) is 131 cm³/mol. The van der Waals surface area contributed by atoms with E-state index in [4.69, 9.17) is 11.6 Å². The first-order chi connectivity index (χ1) is 13.4. The summed E-state index contributed by atoms with van der Waals surface area (Å²) in [6, 6.07) is 8.65. The topological polar surface area (TPSA) is 73.8 Å². The third-order valence-electron chi connectivity index (χ3n) is 5.36.